The number of nitrogens with two attached hydrogens (primary N) is 1. The van der Waals surface area contributed by atoms with Gasteiger partial charge >= 0.3 is 0 Å². The molecule has 0 fully saturated rings. The zero-order chi connectivity index (χ0) is 21.3. The van der Waals surface area contributed by atoms with Gasteiger partial charge in [0.15, 0.2) is 5.75 Å². The zero-order valence-corrected chi connectivity index (χ0v) is 17.1. The van der Waals surface area contributed by atoms with Crippen molar-refractivity contribution >= 4 is 33.4 Å². The van der Waals surface area contributed by atoms with Crippen LogP contribution in [-0.2, 0) is 4.79 Å². The van der Waals surface area contributed by atoms with Gasteiger partial charge in [0.1, 0.15) is 11.3 Å². The van der Waals surface area contributed by atoms with E-state index < -0.39 is 6.04 Å². The SMILES string of the molecule is COc1c(NC(=O)[C@H](C)N)cc2nc3c(OC)cccc3cc2c1-c1ccccc1. The van der Waals surface area contributed by atoms with Gasteiger partial charge in [0.05, 0.1) is 31.5 Å². The largest absolute Gasteiger partial charge is 0.494 e. The molecule has 1 amide bonds. The van der Waals surface area contributed by atoms with Gasteiger partial charge in [-0.3, -0.25) is 4.79 Å². The number of methoxy groups -OCH3 is 2. The van der Waals surface area contributed by atoms with Crippen LogP contribution in [0.15, 0.2) is 60.7 Å². The van der Waals surface area contributed by atoms with Gasteiger partial charge in [-0.15, -0.1) is 0 Å². The molecular weight excluding hydrogens is 378 g/mol. The molecule has 0 radical (unpaired) electrons. The number of rotatable bonds is 5. The number of carbonyl (C=O) groups is 1. The Labute approximate surface area is 174 Å². The molecular formula is C24H23N3O3. The molecule has 0 aliphatic carbocycles. The number of nitrogens with zero attached hydrogens (tertiary/aromatic N) is 1. The molecule has 0 aliphatic rings. The number of nitrogens with one attached hydrogen (secondary N) is 1. The van der Waals surface area contributed by atoms with Gasteiger partial charge in [0, 0.05) is 16.3 Å². The van der Waals surface area contributed by atoms with Gasteiger partial charge in [0.2, 0.25) is 5.91 Å². The number of fused-ring (bicyclic) bond motifs is 2. The second kappa shape index (κ2) is 8.00. The maximum absolute atomic E-state index is 12.3. The fourth-order valence-electron chi connectivity index (χ4n) is 3.56. The van der Waals surface area contributed by atoms with Crippen molar-refractivity contribution in [3.8, 4) is 22.6 Å². The standard InChI is InChI=1S/C24H23N3O3/c1-14(25)24(28)27-19-13-18-17(12-16-10-7-11-20(29-2)22(16)26-18)21(23(19)30-3)15-8-5-4-6-9-15/h4-14H,25H2,1-3H3,(H,27,28)/t14-/m0/s1. The van der Waals surface area contributed by atoms with Crippen LogP contribution in [0.5, 0.6) is 11.5 Å². The van der Waals surface area contributed by atoms with Crippen LogP contribution in [0.25, 0.3) is 32.9 Å². The highest BCUT2D eigenvalue weighted by Gasteiger charge is 2.20. The Morgan fingerprint density at radius 1 is 1.03 bits per heavy atom. The number of pyridine rings is 1. The monoisotopic (exact) mass is 401 g/mol. The minimum absolute atomic E-state index is 0.301. The Bertz CT molecular complexity index is 1240. The molecule has 6 heteroatoms. The first kappa shape index (κ1) is 19.7. The summed E-state index contributed by atoms with van der Waals surface area (Å²) in [6, 6.07) is 18.9. The number of carbonyl (C=O) groups excluding carboxylic acids is 1. The lowest BCUT2D eigenvalue weighted by molar-refractivity contribution is -0.117. The van der Waals surface area contributed by atoms with Crippen LogP contribution in [0.3, 0.4) is 0 Å². The van der Waals surface area contributed by atoms with Crippen molar-refractivity contribution in [2.24, 2.45) is 5.73 Å². The van der Waals surface area contributed by atoms with E-state index in [2.05, 4.69) is 11.4 Å². The highest BCUT2D eigenvalue weighted by molar-refractivity contribution is 6.09. The maximum atomic E-state index is 12.3. The summed E-state index contributed by atoms with van der Waals surface area (Å²) < 4.78 is 11.3. The van der Waals surface area contributed by atoms with Crippen molar-refractivity contribution in [3.63, 3.8) is 0 Å². The van der Waals surface area contributed by atoms with Crippen LogP contribution in [0.2, 0.25) is 0 Å². The van der Waals surface area contributed by atoms with Gasteiger partial charge < -0.3 is 20.5 Å². The molecule has 30 heavy (non-hydrogen) atoms. The van der Waals surface area contributed by atoms with E-state index in [1.165, 1.54) is 0 Å². The molecule has 0 saturated heterocycles. The van der Waals surface area contributed by atoms with E-state index in [4.69, 9.17) is 20.2 Å². The quantitative estimate of drug-likeness (QED) is 0.485. The fourth-order valence-corrected chi connectivity index (χ4v) is 3.56. The molecule has 6 nitrogen and oxygen atoms in total. The maximum Gasteiger partial charge on any atom is 0.241 e. The predicted molar refractivity (Wildman–Crippen MR) is 120 cm³/mol. The van der Waals surface area contributed by atoms with Crippen LogP contribution in [-0.4, -0.2) is 31.2 Å². The fraction of sp³-hybridized carbons (Fsp3) is 0.167. The highest BCUT2D eigenvalue weighted by Crippen LogP contribution is 2.43. The van der Waals surface area contributed by atoms with Crippen LogP contribution in [0.1, 0.15) is 6.92 Å². The third-order valence-electron chi connectivity index (χ3n) is 5.02. The third kappa shape index (κ3) is 3.42. The summed E-state index contributed by atoms with van der Waals surface area (Å²) in [7, 11) is 3.21. The van der Waals surface area contributed by atoms with Crippen LogP contribution < -0.4 is 20.5 Å². The highest BCUT2D eigenvalue weighted by atomic mass is 16.5. The number of para-hydroxylation sites is 1. The Morgan fingerprint density at radius 3 is 2.47 bits per heavy atom. The summed E-state index contributed by atoms with van der Waals surface area (Å²) in [6.45, 7) is 1.64. The second-order valence-corrected chi connectivity index (χ2v) is 7.06. The van der Waals surface area contributed by atoms with Crippen molar-refractivity contribution in [1.82, 2.24) is 4.98 Å². The van der Waals surface area contributed by atoms with Crippen molar-refractivity contribution in [1.29, 1.82) is 0 Å². The minimum Gasteiger partial charge on any atom is -0.494 e. The molecule has 3 aromatic carbocycles. The number of hydrogen-bond donors (Lipinski definition) is 2. The van der Waals surface area contributed by atoms with Crippen LogP contribution in [0.4, 0.5) is 5.69 Å². The second-order valence-electron chi connectivity index (χ2n) is 7.06. The Hall–Kier alpha value is -3.64. The van der Waals surface area contributed by atoms with E-state index in [0.29, 0.717) is 22.7 Å². The predicted octanol–water partition coefficient (Wildman–Crippen LogP) is 4.36. The first-order valence-electron chi connectivity index (χ1n) is 9.63. The first-order valence-corrected chi connectivity index (χ1v) is 9.63. The topological polar surface area (TPSA) is 86.5 Å². The van der Waals surface area contributed by atoms with E-state index in [1.807, 2.05) is 54.6 Å². The third-order valence-corrected chi connectivity index (χ3v) is 5.02. The number of hydrogen-bond acceptors (Lipinski definition) is 5. The normalized spacial score (nSPS) is 12.0. The lowest BCUT2D eigenvalue weighted by Crippen LogP contribution is -2.32. The van der Waals surface area contributed by atoms with Crippen LogP contribution in [0, 0.1) is 0 Å². The zero-order valence-electron chi connectivity index (χ0n) is 17.1. The summed E-state index contributed by atoms with van der Waals surface area (Å²) in [6.07, 6.45) is 0. The molecule has 4 rings (SSSR count). The Kier molecular flexibility index (Phi) is 5.25. The number of aromatic nitrogens is 1. The summed E-state index contributed by atoms with van der Waals surface area (Å²) in [5.41, 5.74) is 9.56. The number of anilines is 1. The number of ether oxygens (including phenoxy) is 2. The molecule has 0 bridgehead atoms. The molecule has 3 N–H and O–H groups in total. The van der Waals surface area contributed by atoms with Crippen molar-refractivity contribution in [2.45, 2.75) is 13.0 Å². The van der Waals surface area contributed by atoms with E-state index in [9.17, 15) is 4.79 Å². The van der Waals surface area contributed by atoms with Crippen molar-refractivity contribution < 1.29 is 14.3 Å². The molecule has 0 aliphatic heterocycles. The molecule has 1 atom stereocenters. The lowest BCUT2D eigenvalue weighted by atomic mass is 9.97. The Balaban J connectivity index is 2.09. The molecule has 1 aromatic heterocycles. The molecule has 0 saturated carbocycles. The van der Waals surface area contributed by atoms with Gasteiger partial charge in [-0.25, -0.2) is 4.98 Å². The molecule has 4 aromatic rings. The summed E-state index contributed by atoms with van der Waals surface area (Å²) >= 11 is 0. The first-order chi connectivity index (χ1) is 14.5. The van der Waals surface area contributed by atoms with E-state index in [0.717, 1.165) is 27.4 Å². The van der Waals surface area contributed by atoms with Crippen molar-refractivity contribution in [2.75, 3.05) is 19.5 Å². The lowest BCUT2D eigenvalue weighted by Gasteiger charge is -2.19. The van der Waals surface area contributed by atoms with E-state index >= 15 is 0 Å². The molecule has 0 unspecified atom stereocenters. The average Bonchev–Trinajstić information content (AvgIpc) is 2.76. The van der Waals surface area contributed by atoms with E-state index in [-0.39, 0.29) is 5.91 Å². The van der Waals surface area contributed by atoms with Gasteiger partial charge in [-0.1, -0.05) is 42.5 Å². The van der Waals surface area contributed by atoms with Gasteiger partial charge in [0.25, 0.3) is 0 Å². The Morgan fingerprint density at radius 2 is 1.80 bits per heavy atom. The molecule has 1 heterocycles. The number of benzene rings is 3. The molecule has 0 spiro atoms. The number of amides is 1. The van der Waals surface area contributed by atoms with Crippen LogP contribution >= 0.6 is 0 Å². The minimum atomic E-state index is -0.657. The average molecular weight is 401 g/mol. The molecule has 152 valence electrons. The van der Waals surface area contributed by atoms with Crippen molar-refractivity contribution in [3.05, 3.63) is 60.7 Å². The smallest absolute Gasteiger partial charge is 0.241 e. The van der Waals surface area contributed by atoms with Gasteiger partial charge in [-0.05, 0) is 30.7 Å². The van der Waals surface area contributed by atoms with E-state index in [1.54, 1.807) is 21.1 Å². The summed E-state index contributed by atoms with van der Waals surface area (Å²) in [4.78, 5) is 17.2. The van der Waals surface area contributed by atoms with Gasteiger partial charge in [-0.2, -0.15) is 0 Å². The summed E-state index contributed by atoms with van der Waals surface area (Å²) in [5, 5.41) is 4.75. The summed E-state index contributed by atoms with van der Waals surface area (Å²) in [5.74, 6) is 0.949.